The van der Waals surface area contributed by atoms with Gasteiger partial charge >= 0.3 is 16.2 Å². The molecule has 0 aromatic rings. The van der Waals surface area contributed by atoms with E-state index in [-0.39, 0.29) is 13.0 Å². The van der Waals surface area contributed by atoms with Gasteiger partial charge in [-0.3, -0.25) is 4.79 Å². The number of ether oxygens (including phenoxy) is 1. The summed E-state index contributed by atoms with van der Waals surface area (Å²) in [7, 11) is -4.73. The Kier molecular flexibility index (Phi) is 1.63. The molecule has 1 saturated heterocycles. The Morgan fingerprint density at radius 1 is 1.60 bits per heavy atom. The van der Waals surface area contributed by atoms with Crippen molar-refractivity contribution in [1.29, 1.82) is 0 Å². The molecule has 58 valence electrons. The number of cyclic esters (lactones) is 1. The fourth-order valence-electron chi connectivity index (χ4n) is 0.733. The van der Waals surface area contributed by atoms with Gasteiger partial charge in [0.05, 0.1) is 6.61 Å². The number of rotatable bonds is 1. The van der Waals surface area contributed by atoms with E-state index in [1.165, 1.54) is 0 Å². The zero-order valence-corrected chi connectivity index (χ0v) is 5.73. The number of carbonyl (C=O) groups excluding carboxylic acids is 1. The topological polar surface area (TPSA) is 60.4 Å². The zero-order valence-electron chi connectivity index (χ0n) is 4.91. The average molecular weight is 168 g/mol. The first kappa shape index (κ1) is 7.46. The fourth-order valence-corrected chi connectivity index (χ4v) is 1.41. The van der Waals surface area contributed by atoms with Crippen molar-refractivity contribution < 1.29 is 21.8 Å². The minimum absolute atomic E-state index is 0.00729. The first-order chi connectivity index (χ1) is 4.52. The molecule has 1 rings (SSSR count). The van der Waals surface area contributed by atoms with Crippen molar-refractivity contribution in [3.8, 4) is 0 Å². The van der Waals surface area contributed by atoms with Crippen LogP contribution in [0.5, 0.6) is 0 Å². The highest BCUT2D eigenvalue weighted by atomic mass is 32.3. The predicted molar refractivity (Wildman–Crippen MR) is 29.4 cm³/mol. The van der Waals surface area contributed by atoms with Gasteiger partial charge in [-0.05, 0) is 0 Å². The lowest BCUT2D eigenvalue weighted by atomic mass is 10.4. The maximum absolute atomic E-state index is 12.0. The second kappa shape index (κ2) is 2.19. The van der Waals surface area contributed by atoms with Crippen molar-refractivity contribution in [3.63, 3.8) is 0 Å². The van der Waals surface area contributed by atoms with Crippen LogP contribution in [0.15, 0.2) is 0 Å². The van der Waals surface area contributed by atoms with Gasteiger partial charge in [-0.1, -0.05) is 0 Å². The van der Waals surface area contributed by atoms with Crippen molar-refractivity contribution >= 4 is 16.2 Å². The van der Waals surface area contributed by atoms with Crippen molar-refractivity contribution in [2.45, 2.75) is 11.7 Å². The molecule has 4 nitrogen and oxygen atoms in total. The van der Waals surface area contributed by atoms with Gasteiger partial charge in [-0.25, -0.2) is 0 Å². The van der Waals surface area contributed by atoms with Crippen molar-refractivity contribution in [2.75, 3.05) is 6.61 Å². The summed E-state index contributed by atoms with van der Waals surface area (Å²) in [6, 6.07) is 0. The maximum Gasteiger partial charge on any atom is 0.327 e. The number of hydrogen-bond donors (Lipinski definition) is 0. The third-order valence-corrected chi connectivity index (χ3v) is 2.33. The van der Waals surface area contributed by atoms with Crippen LogP contribution >= 0.6 is 0 Å². The number of hydrogen-bond acceptors (Lipinski definition) is 4. The third-order valence-electron chi connectivity index (χ3n) is 1.23. The molecule has 0 bridgehead atoms. The number of halogens is 1. The van der Waals surface area contributed by atoms with E-state index in [2.05, 4.69) is 4.74 Å². The van der Waals surface area contributed by atoms with Crippen LogP contribution in [0, 0.1) is 0 Å². The van der Waals surface area contributed by atoms with Crippen LogP contribution in [0.25, 0.3) is 0 Å². The molecule has 0 N–H and O–H groups in total. The van der Waals surface area contributed by atoms with E-state index >= 15 is 0 Å². The van der Waals surface area contributed by atoms with E-state index in [9.17, 15) is 17.1 Å². The maximum atomic E-state index is 12.0. The SMILES string of the molecule is O=C1OCCC1S(=O)(=O)F. The van der Waals surface area contributed by atoms with Gasteiger partial charge in [0, 0.05) is 6.42 Å². The molecule has 1 atom stereocenters. The Morgan fingerprint density at radius 3 is 2.40 bits per heavy atom. The minimum Gasteiger partial charge on any atom is -0.465 e. The van der Waals surface area contributed by atoms with Crippen LogP contribution in [-0.2, 0) is 19.8 Å². The third kappa shape index (κ3) is 1.26. The molecule has 1 unspecified atom stereocenters. The van der Waals surface area contributed by atoms with Crippen LogP contribution in [-0.4, -0.2) is 26.2 Å². The van der Waals surface area contributed by atoms with Crippen LogP contribution < -0.4 is 0 Å². The van der Waals surface area contributed by atoms with E-state index in [0.29, 0.717) is 0 Å². The number of esters is 1. The van der Waals surface area contributed by atoms with Crippen LogP contribution in [0.1, 0.15) is 6.42 Å². The van der Waals surface area contributed by atoms with Crippen molar-refractivity contribution in [3.05, 3.63) is 0 Å². The first-order valence-corrected chi connectivity index (χ1v) is 4.06. The first-order valence-electron chi connectivity index (χ1n) is 2.62. The molecule has 1 fully saturated rings. The summed E-state index contributed by atoms with van der Waals surface area (Å²) >= 11 is 0. The summed E-state index contributed by atoms with van der Waals surface area (Å²) in [4.78, 5) is 10.4. The van der Waals surface area contributed by atoms with E-state index in [4.69, 9.17) is 0 Å². The molecule has 1 aliphatic rings. The van der Waals surface area contributed by atoms with E-state index < -0.39 is 21.4 Å². The molecular weight excluding hydrogens is 163 g/mol. The molecule has 0 saturated carbocycles. The quantitative estimate of drug-likeness (QED) is 0.395. The predicted octanol–water partition coefficient (Wildman–Crippen LogP) is -0.399. The average Bonchev–Trinajstić information content (AvgIpc) is 2.11. The second-order valence-electron chi connectivity index (χ2n) is 1.92. The summed E-state index contributed by atoms with van der Waals surface area (Å²) < 4.78 is 36.4. The van der Waals surface area contributed by atoms with E-state index in [0.717, 1.165) is 0 Å². The monoisotopic (exact) mass is 168 g/mol. The van der Waals surface area contributed by atoms with Gasteiger partial charge in [0.1, 0.15) is 0 Å². The minimum atomic E-state index is -4.73. The van der Waals surface area contributed by atoms with Crippen molar-refractivity contribution in [2.24, 2.45) is 0 Å². The molecule has 0 aromatic heterocycles. The molecule has 0 radical (unpaired) electrons. The summed E-state index contributed by atoms with van der Waals surface area (Å²) in [5, 5.41) is -1.58. The highest BCUT2D eigenvalue weighted by Crippen LogP contribution is 2.16. The normalized spacial score (nSPS) is 26.5. The highest BCUT2D eigenvalue weighted by Gasteiger charge is 2.38. The molecule has 1 heterocycles. The lowest BCUT2D eigenvalue weighted by Crippen LogP contribution is -2.21. The van der Waals surface area contributed by atoms with Crippen LogP contribution in [0.2, 0.25) is 0 Å². The lowest BCUT2D eigenvalue weighted by Gasteiger charge is -1.95. The van der Waals surface area contributed by atoms with Gasteiger partial charge in [-0.2, -0.15) is 8.42 Å². The van der Waals surface area contributed by atoms with Gasteiger partial charge in [0.25, 0.3) is 0 Å². The van der Waals surface area contributed by atoms with E-state index in [1.54, 1.807) is 0 Å². The molecule has 10 heavy (non-hydrogen) atoms. The lowest BCUT2D eigenvalue weighted by molar-refractivity contribution is -0.137. The largest absolute Gasteiger partial charge is 0.465 e. The van der Waals surface area contributed by atoms with Gasteiger partial charge in [0.2, 0.25) is 0 Å². The van der Waals surface area contributed by atoms with E-state index in [1.807, 2.05) is 0 Å². The Morgan fingerprint density at radius 2 is 2.20 bits per heavy atom. The Labute approximate surface area is 57.2 Å². The summed E-state index contributed by atoms with van der Waals surface area (Å²) in [5.74, 6) is -0.984. The van der Waals surface area contributed by atoms with Crippen LogP contribution in [0.3, 0.4) is 0 Å². The molecule has 0 aromatic carbocycles. The van der Waals surface area contributed by atoms with Gasteiger partial charge in [-0.15, -0.1) is 3.89 Å². The summed E-state index contributed by atoms with van der Waals surface area (Å²) in [6.07, 6.45) is -0.0718. The van der Waals surface area contributed by atoms with Gasteiger partial charge in [0.15, 0.2) is 5.25 Å². The Hall–Kier alpha value is -0.650. The molecule has 0 amide bonds. The smallest absolute Gasteiger partial charge is 0.327 e. The van der Waals surface area contributed by atoms with Gasteiger partial charge < -0.3 is 4.74 Å². The Balaban J connectivity index is 2.84. The molecule has 6 heteroatoms. The highest BCUT2D eigenvalue weighted by molar-refractivity contribution is 7.87. The van der Waals surface area contributed by atoms with Crippen LogP contribution in [0.4, 0.5) is 3.89 Å². The van der Waals surface area contributed by atoms with Crippen molar-refractivity contribution in [1.82, 2.24) is 0 Å². The summed E-state index contributed by atoms with van der Waals surface area (Å²) in [6.45, 7) is -0.00729. The second-order valence-corrected chi connectivity index (χ2v) is 3.44. The molecule has 0 spiro atoms. The number of carbonyl (C=O) groups is 1. The fraction of sp³-hybridized carbons (Fsp3) is 0.750. The molecular formula is C4H5FO4S. The zero-order chi connectivity index (χ0) is 7.78. The Bertz CT molecular complexity index is 244. The molecule has 0 aliphatic carbocycles. The standard InChI is InChI=1S/C4H5FO4S/c5-10(7,8)3-1-2-9-4(3)6/h3H,1-2H2. The molecule has 1 aliphatic heterocycles. The summed E-state index contributed by atoms with van der Waals surface area (Å²) in [5.41, 5.74) is 0.